The Labute approximate surface area is 259 Å². The number of halogens is 5. The third-order valence-electron chi connectivity index (χ3n) is 7.71. The summed E-state index contributed by atoms with van der Waals surface area (Å²) in [6.07, 6.45) is -4.40. The topological polar surface area (TPSA) is 85.5 Å². The van der Waals surface area contributed by atoms with Crippen LogP contribution in [0.25, 0.3) is 22.0 Å². The van der Waals surface area contributed by atoms with Crippen LogP contribution in [-0.4, -0.2) is 27.3 Å². The number of rotatable bonds is 9. The molecule has 0 aliphatic heterocycles. The Bertz CT molecular complexity index is 1990. The van der Waals surface area contributed by atoms with E-state index in [1.54, 1.807) is 31.3 Å². The predicted octanol–water partition coefficient (Wildman–Crippen LogP) is 7.32. The summed E-state index contributed by atoms with van der Waals surface area (Å²) >= 11 is 0. The predicted molar refractivity (Wildman–Crippen MR) is 162 cm³/mol. The van der Waals surface area contributed by atoms with E-state index in [9.17, 15) is 41.7 Å². The lowest BCUT2D eigenvalue weighted by Gasteiger charge is -2.22. The van der Waals surface area contributed by atoms with Gasteiger partial charge in [-0.2, -0.15) is 13.2 Å². The van der Waals surface area contributed by atoms with Crippen molar-refractivity contribution in [1.29, 1.82) is 0 Å². The summed E-state index contributed by atoms with van der Waals surface area (Å²) in [5.74, 6) is -2.44. The van der Waals surface area contributed by atoms with E-state index in [4.69, 9.17) is 0 Å². The Morgan fingerprint density at radius 1 is 0.891 bits per heavy atom. The summed E-state index contributed by atoms with van der Waals surface area (Å²) in [6.45, 7) is -0.146. The zero-order valence-electron chi connectivity index (χ0n) is 24.4. The van der Waals surface area contributed by atoms with E-state index < -0.39 is 39.6 Å². The molecule has 0 atom stereocenters. The number of aryl methyl sites for hydroxylation is 2. The number of carbonyl (C=O) groups excluding carboxylic acids is 1. The van der Waals surface area contributed by atoms with Gasteiger partial charge < -0.3 is 9.47 Å². The average molecular weight is 636 g/mol. The monoisotopic (exact) mass is 635 g/mol. The van der Waals surface area contributed by atoms with Crippen molar-refractivity contribution in [2.24, 2.45) is 0 Å². The van der Waals surface area contributed by atoms with Crippen molar-refractivity contribution >= 4 is 22.5 Å². The summed E-state index contributed by atoms with van der Waals surface area (Å²) in [6, 6.07) is 20.5. The Balaban J connectivity index is 1.39. The molecule has 46 heavy (non-hydrogen) atoms. The molecule has 0 aliphatic rings. The van der Waals surface area contributed by atoms with Crippen LogP contribution >= 0.6 is 0 Å². The van der Waals surface area contributed by atoms with Gasteiger partial charge in [0, 0.05) is 42.9 Å². The maximum Gasteiger partial charge on any atom is 0.416 e. The number of hydrogen-bond acceptors (Lipinski definition) is 4. The van der Waals surface area contributed by atoms with Crippen LogP contribution in [0, 0.1) is 21.7 Å². The zero-order chi connectivity index (χ0) is 33.2. The molecule has 1 aromatic heterocycles. The molecule has 5 aromatic rings. The van der Waals surface area contributed by atoms with E-state index >= 15 is 0 Å². The number of nitro groups is 1. The highest BCUT2D eigenvalue weighted by Gasteiger charge is 2.30. The minimum absolute atomic E-state index is 0.00121. The van der Waals surface area contributed by atoms with Gasteiger partial charge in [0.15, 0.2) is 17.1 Å². The van der Waals surface area contributed by atoms with Gasteiger partial charge in [0.25, 0.3) is 5.69 Å². The second-order valence-corrected chi connectivity index (χ2v) is 10.8. The number of nitrogens with zero attached hydrogens (tertiary/aromatic N) is 3. The second-order valence-electron chi connectivity index (χ2n) is 10.8. The Hall–Kier alpha value is -5.39. The number of likely N-dealkylation sites (N-methyl/N-ethyl adjacent to an activating group) is 1. The molecule has 0 N–H and O–H groups in total. The zero-order valence-corrected chi connectivity index (χ0v) is 24.4. The molecule has 1 amide bonds. The van der Waals surface area contributed by atoms with E-state index in [2.05, 4.69) is 0 Å². The third kappa shape index (κ3) is 6.96. The average Bonchev–Trinajstić information content (AvgIpc) is 3.03. The fraction of sp³-hybridized carbons (Fsp3) is 0.176. The first-order chi connectivity index (χ1) is 21.8. The molecule has 0 radical (unpaired) electrons. The quantitative estimate of drug-likeness (QED) is 0.0966. The molecule has 4 aromatic carbocycles. The molecular formula is C34H26F5N3O4. The summed E-state index contributed by atoms with van der Waals surface area (Å²) in [5, 5.41) is 11.7. The number of hydrogen-bond donors (Lipinski definition) is 0. The number of aromatic nitrogens is 1. The summed E-state index contributed by atoms with van der Waals surface area (Å²) < 4.78 is 68.3. The molecule has 0 fully saturated rings. The first kappa shape index (κ1) is 32.0. The molecule has 5 rings (SSSR count). The number of amides is 1. The molecule has 12 heteroatoms. The van der Waals surface area contributed by atoms with Gasteiger partial charge in [-0.1, -0.05) is 48.5 Å². The molecule has 0 bridgehead atoms. The van der Waals surface area contributed by atoms with Crippen molar-refractivity contribution in [3.05, 3.63) is 145 Å². The molecule has 0 saturated heterocycles. The molecule has 0 saturated carbocycles. The number of fused-ring (bicyclic) bond motifs is 1. The first-order valence-corrected chi connectivity index (χ1v) is 14.1. The fourth-order valence-corrected chi connectivity index (χ4v) is 5.20. The number of non-ortho nitro benzene ring substituents is 1. The summed E-state index contributed by atoms with van der Waals surface area (Å²) in [4.78, 5) is 38.8. The van der Waals surface area contributed by atoms with Crippen molar-refractivity contribution in [3.63, 3.8) is 0 Å². The SMILES string of the molecule is CN(Cc1ccc(-c2ccc(C(F)(F)F)cc2)cc1)C(=O)Cn1c(CCc2cccc(F)c2F)cc(=O)c2ccc([N+](=O)[O-])cc21. The smallest absolute Gasteiger partial charge is 0.340 e. The molecule has 1 heterocycles. The van der Waals surface area contributed by atoms with E-state index in [-0.39, 0.29) is 48.1 Å². The van der Waals surface area contributed by atoms with Crippen LogP contribution < -0.4 is 5.43 Å². The van der Waals surface area contributed by atoms with Crippen LogP contribution in [0.15, 0.2) is 95.8 Å². The van der Waals surface area contributed by atoms with Crippen LogP contribution in [-0.2, 0) is 36.9 Å². The van der Waals surface area contributed by atoms with Crippen molar-refractivity contribution < 1.29 is 31.7 Å². The number of benzene rings is 4. The number of nitro benzene ring substituents is 1. The minimum atomic E-state index is -4.43. The van der Waals surface area contributed by atoms with Crippen LogP contribution in [0.2, 0.25) is 0 Å². The maximum atomic E-state index is 14.4. The molecule has 236 valence electrons. The molecular weight excluding hydrogens is 609 g/mol. The van der Waals surface area contributed by atoms with Gasteiger partial charge in [-0.3, -0.25) is 19.7 Å². The van der Waals surface area contributed by atoms with E-state index in [1.807, 2.05) is 0 Å². The third-order valence-corrected chi connectivity index (χ3v) is 7.71. The van der Waals surface area contributed by atoms with E-state index in [0.717, 1.165) is 23.8 Å². The van der Waals surface area contributed by atoms with Crippen molar-refractivity contribution in [3.8, 4) is 11.1 Å². The highest BCUT2D eigenvalue weighted by Crippen LogP contribution is 2.31. The van der Waals surface area contributed by atoms with E-state index in [0.29, 0.717) is 16.8 Å². The molecule has 0 unspecified atom stereocenters. The van der Waals surface area contributed by atoms with Gasteiger partial charge in [-0.15, -0.1) is 0 Å². The normalized spacial score (nSPS) is 11.5. The fourth-order valence-electron chi connectivity index (χ4n) is 5.20. The number of pyridine rings is 1. The van der Waals surface area contributed by atoms with Gasteiger partial charge in [0.2, 0.25) is 5.91 Å². The maximum absolute atomic E-state index is 14.4. The first-order valence-electron chi connectivity index (χ1n) is 14.1. The lowest BCUT2D eigenvalue weighted by Crippen LogP contribution is -2.31. The second kappa shape index (κ2) is 12.9. The van der Waals surface area contributed by atoms with Crippen LogP contribution in [0.5, 0.6) is 0 Å². The van der Waals surface area contributed by atoms with Crippen molar-refractivity contribution in [2.75, 3.05) is 7.05 Å². The van der Waals surface area contributed by atoms with Gasteiger partial charge in [0.1, 0.15) is 6.54 Å². The minimum Gasteiger partial charge on any atom is -0.340 e. The number of alkyl halides is 3. The van der Waals surface area contributed by atoms with Gasteiger partial charge >= 0.3 is 6.18 Å². The van der Waals surface area contributed by atoms with Crippen molar-refractivity contribution in [1.82, 2.24) is 9.47 Å². The molecule has 0 aliphatic carbocycles. The summed E-state index contributed by atoms with van der Waals surface area (Å²) in [5.41, 5.74) is 1.06. The van der Waals surface area contributed by atoms with E-state index in [1.165, 1.54) is 58.0 Å². The van der Waals surface area contributed by atoms with Gasteiger partial charge in [-0.05, 0) is 59.4 Å². The van der Waals surface area contributed by atoms with Crippen LogP contribution in [0.3, 0.4) is 0 Å². The van der Waals surface area contributed by atoms with Crippen LogP contribution in [0.4, 0.5) is 27.6 Å². The van der Waals surface area contributed by atoms with Gasteiger partial charge in [0.05, 0.1) is 16.0 Å². The highest BCUT2D eigenvalue weighted by atomic mass is 19.4. The Kier molecular flexibility index (Phi) is 8.99. The van der Waals surface area contributed by atoms with Gasteiger partial charge in [-0.25, -0.2) is 8.78 Å². The molecule has 0 spiro atoms. The largest absolute Gasteiger partial charge is 0.416 e. The lowest BCUT2D eigenvalue weighted by atomic mass is 10.0. The lowest BCUT2D eigenvalue weighted by molar-refractivity contribution is -0.384. The Morgan fingerprint density at radius 3 is 2.17 bits per heavy atom. The standard InChI is InChI=1S/C34H26F5N3O4/c1-40(19-21-5-7-22(8-6-21)23-9-12-25(13-10-23)34(37,38)39)32(44)20-41-26(14-11-24-3-2-4-29(35)33(24)36)18-31(43)28-16-15-27(42(45)46)17-30(28)41/h2-10,12-13,15-18H,11,14,19-20H2,1H3. The van der Waals surface area contributed by atoms with Crippen LogP contribution in [0.1, 0.15) is 22.4 Å². The Morgan fingerprint density at radius 2 is 1.54 bits per heavy atom. The molecule has 7 nitrogen and oxygen atoms in total. The van der Waals surface area contributed by atoms with Crippen molar-refractivity contribution in [2.45, 2.75) is 32.1 Å². The highest BCUT2D eigenvalue weighted by molar-refractivity contribution is 5.84. The summed E-state index contributed by atoms with van der Waals surface area (Å²) in [7, 11) is 1.56. The number of carbonyl (C=O) groups is 1.